The Morgan fingerprint density at radius 3 is 2.62 bits per heavy atom. The first-order valence-electron chi connectivity index (χ1n) is 12.2. The molecule has 0 spiro atoms. The van der Waals surface area contributed by atoms with Gasteiger partial charge >= 0.3 is 0 Å². The van der Waals surface area contributed by atoms with Gasteiger partial charge in [-0.3, -0.25) is 4.79 Å². The molecule has 0 radical (unpaired) electrons. The Kier molecular flexibility index (Phi) is 5.50. The molecule has 4 aliphatic carbocycles. The third kappa shape index (κ3) is 3.41. The van der Waals surface area contributed by atoms with Gasteiger partial charge in [0.15, 0.2) is 0 Å². The summed E-state index contributed by atoms with van der Waals surface area (Å²) in [6.45, 7) is 16.1. The molecule has 29 heavy (non-hydrogen) atoms. The van der Waals surface area contributed by atoms with E-state index < -0.39 is 0 Å². The Morgan fingerprint density at radius 1 is 1.14 bits per heavy atom. The normalized spacial score (nSPS) is 43.9. The van der Waals surface area contributed by atoms with Gasteiger partial charge in [0.25, 0.3) is 0 Å². The van der Waals surface area contributed by atoms with Crippen LogP contribution in [0.15, 0.2) is 36.0 Å². The predicted molar refractivity (Wildman–Crippen MR) is 122 cm³/mol. The van der Waals surface area contributed by atoms with Crippen LogP contribution in [0.4, 0.5) is 0 Å². The van der Waals surface area contributed by atoms with Crippen LogP contribution in [0.25, 0.3) is 0 Å². The average molecular weight is 395 g/mol. The number of carbonyl (C=O) groups excluding carboxylic acids is 1. The van der Waals surface area contributed by atoms with Crippen molar-refractivity contribution in [3.05, 3.63) is 36.0 Å². The lowest BCUT2D eigenvalue weighted by atomic mass is 9.47. The van der Waals surface area contributed by atoms with E-state index in [1.807, 2.05) is 0 Å². The van der Waals surface area contributed by atoms with Crippen LogP contribution >= 0.6 is 0 Å². The molecule has 0 aromatic heterocycles. The summed E-state index contributed by atoms with van der Waals surface area (Å²) >= 11 is 0. The number of Topliss-reactive ketones (excluding diaryl/α,β-unsaturated/α-hetero) is 1. The van der Waals surface area contributed by atoms with Crippen molar-refractivity contribution >= 4 is 5.78 Å². The van der Waals surface area contributed by atoms with Gasteiger partial charge in [-0.25, -0.2) is 0 Å². The number of fused-ring (bicyclic) bond motifs is 5. The monoisotopic (exact) mass is 394 g/mol. The SMILES string of the molecule is C=C(C)C(C)C=CC(C)C1CCC2C3CC=C4CC(=O)CCC4(C)C3CCC12C. The fourth-order valence-corrected chi connectivity index (χ4v) is 8.02. The second kappa shape index (κ2) is 7.54. The van der Waals surface area contributed by atoms with Gasteiger partial charge in [-0.05, 0) is 91.8 Å². The minimum absolute atomic E-state index is 0.304. The van der Waals surface area contributed by atoms with Crippen LogP contribution in [0.2, 0.25) is 0 Å². The summed E-state index contributed by atoms with van der Waals surface area (Å²) in [5.74, 6) is 4.93. The van der Waals surface area contributed by atoms with Crippen molar-refractivity contribution in [1.29, 1.82) is 0 Å². The lowest BCUT2D eigenvalue weighted by Gasteiger charge is -2.57. The molecule has 8 unspecified atom stereocenters. The fourth-order valence-electron chi connectivity index (χ4n) is 8.02. The number of hydrogen-bond acceptors (Lipinski definition) is 1. The van der Waals surface area contributed by atoms with Gasteiger partial charge < -0.3 is 0 Å². The largest absolute Gasteiger partial charge is 0.299 e. The maximum absolute atomic E-state index is 12.1. The van der Waals surface area contributed by atoms with Gasteiger partial charge in [0.2, 0.25) is 0 Å². The van der Waals surface area contributed by atoms with Crippen molar-refractivity contribution in [2.75, 3.05) is 0 Å². The van der Waals surface area contributed by atoms with Gasteiger partial charge in [0.05, 0.1) is 0 Å². The van der Waals surface area contributed by atoms with Crippen molar-refractivity contribution in [1.82, 2.24) is 0 Å². The van der Waals surface area contributed by atoms with E-state index in [1.54, 1.807) is 0 Å². The second-order valence-electron chi connectivity index (χ2n) is 11.6. The van der Waals surface area contributed by atoms with E-state index in [9.17, 15) is 4.79 Å². The highest BCUT2D eigenvalue weighted by molar-refractivity contribution is 5.82. The highest BCUT2D eigenvalue weighted by Crippen LogP contribution is 2.67. The van der Waals surface area contributed by atoms with Crippen LogP contribution in [-0.2, 0) is 4.79 Å². The minimum Gasteiger partial charge on any atom is -0.299 e. The van der Waals surface area contributed by atoms with E-state index in [0.717, 1.165) is 42.9 Å². The molecule has 4 rings (SSSR count). The molecule has 0 amide bonds. The summed E-state index contributed by atoms with van der Waals surface area (Å²) < 4.78 is 0. The van der Waals surface area contributed by atoms with E-state index in [-0.39, 0.29) is 0 Å². The molecule has 3 fully saturated rings. The van der Waals surface area contributed by atoms with Crippen molar-refractivity contribution in [3.63, 3.8) is 0 Å². The van der Waals surface area contributed by atoms with Crippen molar-refractivity contribution in [3.8, 4) is 0 Å². The molecule has 0 aromatic rings. The highest BCUT2D eigenvalue weighted by Gasteiger charge is 2.58. The zero-order valence-electron chi connectivity index (χ0n) is 19.5. The van der Waals surface area contributed by atoms with Crippen LogP contribution in [-0.4, -0.2) is 5.78 Å². The van der Waals surface area contributed by atoms with Gasteiger partial charge in [-0.2, -0.15) is 0 Å². The van der Waals surface area contributed by atoms with E-state index in [4.69, 9.17) is 0 Å². The molecule has 0 aromatic carbocycles. The molecule has 0 heterocycles. The highest BCUT2D eigenvalue weighted by atomic mass is 16.1. The van der Waals surface area contributed by atoms with Gasteiger partial charge in [0.1, 0.15) is 5.78 Å². The summed E-state index contributed by atoms with van der Waals surface area (Å²) in [5.41, 5.74) is 3.55. The summed E-state index contributed by atoms with van der Waals surface area (Å²) in [5, 5.41) is 0. The first-order valence-corrected chi connectivity index (χ1v) is 12.2. The molecule has 1 nitrogen and oxygen atoms in total. The Balaban J connectivity index is 1.54. The predicted octanol–water partition coefficient (Wildman–Crippen LogP) is 7.54. The maximum atomic E-state index is 12.1. The van der Waals surface area contributed by atoms with E-state index in [0.29, 0.717) is 28.4 Å². The van der Waals surface area contributed by atoms with E-state index in [2.05, 4.69) is 59.4 Å². The first kappa shape index (κ1) is 21.1. The summed E-state index contributed by atoms with van der Waals surface area (Å²) in [4.78, 5) is 12.1. The number of allylic oxidation sites excluding steroid dienone is 5. The smallest absolute Gasteiger partial charge is 0.136 e. The quantitative estimate of drug-likeness (QED) is 0.450. The second-order valence-corrected chi connectivity index (χ2v) is 11.6. The third-order valence-corrected chi connectivity index (χ3v) is 10.1. The lowest BCUT2D eigenvalue weighted by molar-refractivity contribution is -0.122. The van der Waals surface area contributed by atoms with Crippen LogP contribution in [0.3, 0.4) is 0 Å². The van der Waals surface area contributed by atoms with Gasteiger partial charge in [-0.15, -0.1) is 0 Å². The lowest BCUT2D eigenvalue weighted by Crippen LogP contribution is -2.50. The Labute approximate surface area is 179 Å². The molecule has 1 heteroatoms. The van der Waals surface area contributed by atoms with Crippen LogP contribution in [0.1, 0.15) is 86.0 Å². The molecular weight excluding hydrogens is 352 g/mol. The molecule has 0 N–H and O–H groups in total. The minimum atomic E-state index is 0.304. The molecule has 8 atom stereocenters. The third-order valence-electron chi connectivity index (χ3n) is 10.1. The van der Waals surface area contributed by atoms with Crippen LogP contribution in [0.5, 0.6) is 0 Å². The maximum Gasteiger partial charge on any atom is 0.136 e. The number of carbonyl (C=O) groups is 1. The number of rotatable bonds is 4. The fraction of sp³-hybridized carbons (Fsp3) is 0.750. The molecule has 160 valence electrons. The average Bonchev–Trinajstić information content (AvgIpc) is 3.03. The van der Waals surface area contributed by atoms with Crippen LogP contribution in [0, 0.1) is 46.3 Å². The van der Waals surface area contributed by atoms with Gasteiger partial charge in [0, 0.05) is 12.8 Å². The van der Waals surface area contributed by atoms with Crippen molar-refractivity contribution in [2.24, 2.45) is 46.3 Å². The van der Waals surface area contributed by atoms with E-state index >= 15 is 0 Å². The molecule has 0 saturated heterocycles. The zero-order valence-corrected chi connectivity index (χ0v) is 19.5. The summed E-state index contributed by atoms with van der Waals surface area (Å²) in [6.07, 6.45) is 16.8. The number of hydrogen-bond donors (Lipinski definition) is 0. The first-order chi connectivity index (χ1) is 13.7. The zero-order chi connectivity index (χ0) is 21.0. The van der Waals surface area contributed by atoms with Gasteiger partial charge in [-0.1, -0.05) is 63.6 Å². The summed E-state index contributed by atoms with van der Waals surface area (Å²) in [7, 11) is 0. The topological polar surface area (TPSA) is 17.1 Å². The molecular formula is C28H42O. The van der Waals surface area contributed by atoms with Crippen molar-refractivity contribution < 1.29 is 4.79 Å². The molecule has 4 aliphatic rings. The molecule has 0 bridgehead atoms. The number of ketones is 1. The van der Waals surface area contributed by atoms with E-state index in [1.165, 1.54) is 43.3 Å². The Morgan fingerprint density at radius 2 is 1.90 bits per heavy atom. The summed E-state index contributed by atoms with van der Waals surface area (Å²) in [6, 6.07) is 0. The molecule has 3 saturated carbocycles. The van der Waals surface area contributed by atoms with Crippen LogP contribution < -0.4 is 0 Å². The van der Waals surface area contributed by atoms with Crippen molar-refractivity contribution in [2.45, 2.75) is 86.0 Å². The Bertz CT molecular complexity index is 741. The Hall–Kier alpha value is -1.11. The standard InChI is InChI=1S/C28H42O/c1-18(2)19(3)7-8-20(4)24-11-12-25-23-10-9-21-17-22(29)13-15-27(21,5)26(23)14-16-28(24,25)6/h7-9,19-20,23-26H,1,10-17H2,2-6H3. The molecule has 0 aliphatic heterocycles.